The molecular weight excluding hydrogens is 87.5 g/mol. The Balaban J connectivity index is 2.85. The Morgan fingerprint density at radius 1 is 2.00 bits per heavy atom. The van der Waals surface area contributed by atoms with Gasteiger partial charge in [-0.1, -0.05) is 6.92 Å². The molecule has 0 unspecified atom stereocenters. The Bertz CT molecular complexity index is 42.2. The van der Waals surface area contributed by atoms with Gasteiger partial charge in [0.15, 0.2) is 11.6 Å². The number of carbonyl (C=O) groups is 1. The highest BCUT2D eigenvalue weighted by atomic mass is 35.5. The second-order valence-corrected chi connectivity index (χ2v) is 1.18. The molecule has 0 saturated carbocycles. The number of hydrogen-bond acceptors (Lipinski definition) is 1. The van der Waals surface area contributed by atoms with E-state index in [0.717, 1.165) is 0 Å². The zero-order valence-electron chi connectivity index (χ0n) is 3.02. The van der Waals surface area contributed by atoms with Crippen LogP contribution in [0.4, 0.5) is 0 Å². The fraction of sp³-hybridized carbons (Fsp3) is 0.667. The molecule has 1 nitrogen and oxygen atoms in total. The molecule has 0 N–H and O–H groups in total. The minimum Gasteiger partial charge on any atom is -0.225 e. The van der Waals surface area contributed by atoms with Gasteiger partial charge in [-0.3, -0.25) is 0 Å². The largest absolute Gasteiger partial charge is 0.399 e. The van der Waals surface area contributed by atoms with Crippen LogP contribution in [0.1, 0.15) is 13.3 Å². The van der Waals surface area contributed by atoms with Crippen LogP contribution in [0.3, 0.4) is 0 Å². The van der Waals surface area contributed by atoms with Crippen molar-refractivity contribution in [2.75, 3.05) is 0 Å². The van der Waals surface area contributed by atoms with Gasteiger partial charge < -0.3 is 0 Å². The van der Waals surface area contributed by atoms with Crippen molar-refractivity contribution in [1.82, 2.24) is 0 Å². The molecule has 2 heteroatoms. The Kier molecular flexibility index (Phi) is 2.19. The molecule has 5 heavy (non-hydrogen) atoms. The molecule has 0 aromatic carbocycles. The number of halogens is 1. The van der Waals surface area contributed by atoms with Crippen molar-refractivity contribution < 1.29 is 16.4 Å². The van der Waals surface area contributed by atoms with Crippen LogP contribution in [0.5, 0.6) is 0 Å². The molecule has 0 amide bonds. The van der Waals surface area contributed by atoms with Gasteiger partial charge in [-0.25, -0.2) is 4.79 Å². The van der Waals surface area contributed by atoms with E-state index in [1.54, 1.807) is 6.92 Å². The SMILES string of the molecule is CCC(=O)[ClH+]. The molecule has 0 aliphatic rings. The molecule has 0 heterocycles. The summed E-state index contributed by atoms with van der Waals surface area (Å²) in [7, 11) is 0. The van der Waals surface area contributed by atoms with Gasteiger partial charge in [0.1, 0.15) is 0 Å². The summed E-state index contributed by atoms with van der Waals surface area (Å²) in [4.78, 5) is 9.63. The van der Waals surface area contributed by atoms with E-state index in [1.165, 1.54) is 0 Å². The summed E-state index contributed by atoms with van der Waals surface area (Å²) in [5.41, 5.74) is 0. The summed E-state index contributed by atoms with van der Waals surface area (Å²) in [6, 6.07) is 0. The summed E-state index contributed by atoms with van der Waals surface area (Å²) < 4.78 is 0. The van der Waals surface area contributed by atoms with Gasteiger partial charge in [0.25, 0.3) is 0 Å². The van der Waals surface area contributed by atoms with Gasteiger partial charge in [-0.05, 0) is 0 Å². The molecule has 0 fully saturated rings. The Hall–Kier alpha value is -0.0400. The first-order chi connectivity index (χ1) is 2.27. The summed E-state index contributed by atoms with van der Waals surface area (Å²) in [6.07, 6.45) is 0.481. The monoisotopic (exact) mass is 93.0 g/mol. The van der Waals surface area contributed by atoms with E-state index in [0.29, 0.717) is 6.42 Å². The first-order valence-electron chi connectivity index (χ1n) is 1.47. The average molecular weight is 93.5 g/mol. The van der Waals surface area contributed by atoms with Crippen LogP contribution in [0.2, 0.25) is 0 Å². The van der Waals surface area contributed by atoms with Crippen LogP contribution in [-0.4, -0.2) is 5.24 Å². The van der Waals surface area contributed by atoms with Gasteiger partial charge in [0, 0.05) is 0 Å². The summed E-state index contributed by atoms with van der Waals surface area (Å²) in [5.74, 6) is 0. The first-order valence-corrected chi connectivity index (χ1v) is 1.88. The van der Waals surface area contributed by atoms with Crippen LogP contribution in [0.25, 0.3) is 0 Å². The van der Waals surface area contributed by atoms with Gasteiger partial charge in [-0.15, -0.1) is 0 Å². The Morgan fingerprint density at radius 2 is 2.20 bits per heavy atom. The molecule has 30 valence electrons. The van der Waals surface area contributed by atoms with Gasteiger partial charge in [-0.2, -0.15) is 0 Å². The maximum absolute atomic E-state index is 9.63. The predicted molar refractivity (Wildman–Crippen MR) is 16.7 cm³/mol. The quantitative estimate of drug-likeness (QED) is 0.424. The Labute approximate surface area is 35.9 Å². The lowest BCUT2D eigenvalue weighted by molar-refractivity contribution is -0.305. The zero-order valence-corrected chi connectivity index (χ0v) is 3.84. The molecule has 0 spiro atoms. The second kappa shape index (κ2) is 2.21. The topological polar surface area (TPSA) is 17.1 Å². The van der Waals surface area contributed by atoms with Crippen LogP contribution in [0, 0.1) is 11.6 Å². The minimum absolute atomic E-state index is 0.162. The van der Waals surface area contributed by atoms with E-state index >= 15 is 0 Å². The van der Waals surface area contributed by atoms with Crippen LogP contribution >= 0.6 is 0 Å². The molecular formula is C3H6ClO+. The van der Waals surface area contributed by atoms with Crippen molar-refractivity contribution in [2.45, 2.75) is 13.3 Å². The predicted octanol–water partition coefficient (Wildman–Crippen LogP) is 0.205. The van der Waals surface area contributed by atoms with E-state index in [2.05, 4.69) is 11.6 Å². The number of rotatable bonds is 1. The molecule has 0 aromatic rings. The molecule has 0 bridgehead atoms. The molecule has 0 radical (unpaired) electrons. The van der Waals surface area contributed by atoms with E-state index < -0.39 is 0 Å². The third-order valence-corrected chi connectivity index (χ3v) is 0.577. The highest BCUT2D eigenvalue weighted by molar-refractivity contribution is 5.63. The summed E-state index contributed by atoms with van der Waals surface area (Å²) in [6.45, 7) is 1.75. The lowest BCUT2D eigenvalue weighted by Gasteiger charge is -1.57. The van der Waals surface area contributed by atoms with Crippen LogP contribution in [0.15, 0.2) is 0 Å². The lowest BCUT2D eigenvalue weighted by Crippen LogP contribution is -1.82. The van der Waals surface area contributed by atoms with Crippen molar-refractivity contribution in [3.8, 4) is 0 Å². The molecule has 0 aliphatic carbocycles. The maximum atomic E-state index is 9.63. The molecule has 0 aliphatic heterocycles. The standard InChI is InChI=1S/C3H6ClO/c1-2-3(4)5/h4H,2H2,1H3/q+1. The van der Waals surface area contributed by atoms with E-state index in [1.807, 2.05) is 0 Å². The van der Waals surface area contributed by atoms with Crippen molar-refractivity contribution in [3.05, 3.63) is 0 Å². The maximum Gasteiger partial charge on any atom is 0.399 e. The first kappa shape index (κ1) is 4.96. The van der Waals surface area contributed by atoms with E-state index in [4.69, 9.17) is 0 Å². The second-order valence-electron chi connectivity index (χ2n) is 0.726. The highest BCUT2D eigenvalue weighted by Crippen LogP contribution is 1.69. The zero-order chi connectivity index (χ0) is 4.28. The van der Waals surface area contributed by atoms with E-state index in [-0.39, 0.29) is 5.24 Å². The van der Waals surface area contributed by atoms with Crippen molar-refractivity contribution in [3.63, 3.8) is 0 Å². The van der Waals surface area contributed by atoms with Crippen LogP contribution < -0.4 is 0 Å². The molecule has 0 aromatic heterocycles. The highest BCUT2D eigenvalue weighted by Gasteiger charge is 1.94. The van der Waals surface area contributed by atoms with Crippen molar-refractivity contribution in [1.29, 1.82) is 0 Å². The fourth-order valence-corrected chi connectivity index (χ4v) is 0. The third kappa shape index (κ3) is 3.96. The number of hydrogen-bond donors (Lipinski definition) is 0. The lowest BCUT2D eigenvalue weighted by atomic mass is 10.6. The smallest absolute Gasteiger partial charge is 0.225 e. The molecule has 0 atom stereocenters. The molecule has 0 saturated heterocycles. The fourth-order valence-electron chi connectivity index (χ4n) is 0. The van der Waals surface area contributed by atoms with Gasteiger partial charge in [0.2, 0.25) is 0 Å². The molecule has 0 rings (SSSR count). The van der Waals surface area contributed by atoms with Crippen molar-refractivity contribution >= 4 is 5.24 Å². The summed E-state index contributed by atoms with van der Waals surface area (Å²) >= 11 is 4.14. The van der Waals surface area contributed by atoms with E-state index in [9.17, 15) is 4.79 Å². The third-order valence-electron chi connectivity index (χ3n) is 0.289. The van der Waals surface area contributed by atoms with Crippen LogP contribution in [-0.2, 0) is 4.79 Å². The minimum atomic E-state index is -0.162. The van der Waals surface area contributed by atoms with Crippen molar-refractivity contribution in [2.24, 2.45) is 0 Å². The number of carbonyl (C=O) groups excluding carboxylic acids is 1. The normalized spacial score (nSPS) is 7.60. The average Bonchev–Trinajstić information content (AvgIpc) is 1.38. The Morgan fingerprint density at radius 3 is 2.20 bits per heavy atom. The summed E-state index contributed by atoms with van der Waals surface area (Å²) in [5, 5.41) is -0.162. The van der Waals surface area contributed by atoms with Gasteiger partial charge >= 0.3 is 5.24 Å². The van der Waals surface area contributed by atoms with Gasteiger partial charge in [0.05, 0.1) is 6.42 Å².